The van der Waals surface area contributed by atoms with Crippen LogP contribution < -0.4 is 5.32 Å². The number of carbonyl (C=O) groups is 2. The third-order valence-electron chi connectivity index (χ3n) is 4.59. The molecular formula is C21H27FN2O2S. The number of hydrogen-bond donors (Lipinski definition) is 1. The zero-order valence-electron chi connectivity index (χ0n) is 15.9. The van der Waals surface area contributed by atoms with E-state index in [2.05, 4.69) is 35.5 Å². The standard InChI is InChI=1S/C21H27FN2O2S/c1-3-24(4-2)18(20-8-6-14-27-20)15-23-21(26)9-5-7-19(25)16-10-12-17(22)13-11-16/h6,8,10-14,18H,3-5,7,9,15H2,1-2H3,(H,23,26). The van der Waals surface area contributed by atoms with Gasteiger partial charge in [-0.15, -0.1) is 11.3 Å². The fraction of sp³-hybridized carbons (Fsp3) is 0.429. The van der Waals surface area contributed by atoms with E-state index in [9.17, 15) is 14.0 Å². The SMILES string of the molecule is CCN(CC)C(CNC(=O)CCCC(=O)c1ccc(F)cc1)c1cccs1. The molecule has 0 fully saturated rings. The van der Waals surface area contributed by atoms with Crippen LogP contribution in [0.2, 0.25) is 0 Å². The summed E-state index contributed by atoms with van der Waals surface area (Å²) in [5.41, 5.74) is 0.483. The lowest BCUT2D eigenvalue weighted by atomic mass is 10.1. The van der Waals surface area contributed by atoms with Crippen molar-refractivity contribution in [3.05, 3.63) is 58.0 Å². The Morgan fingerprint density at radius 1 is 1.11 bits per heavy atom. The second kappa shape index (κ2) is 10.9. The molecule has 0 spiro atoms. The van der Waals surface area contributed by atoms with Gasteiger partial charge in [0.25, 0.3) is 0 Å². The first-order chi connectivity index (χ1) is 13.0. The average molecular weight is 391 g/mol. The van der Waals surface area contributed by atoms with Crippen molar-refractivity contribution in [3.63, 3.8) is 0 Å². The quantitative estimate of drug-likeness (QED) is 0.577. The maximum atomic E-state index is 12.9. The van der Waals surface area contributed by atoms with Gasteiger partial charge in [-0.1, -0.05) is 19.9 Å². The number of hydrogen-bond acceptors (Lipinski definition) is 4. The van der Waals surface area contributed by atoms with Crippen LogP contribution in [0.4, 0.5) is 4.39 Å². The molecule has 1 unspecified atom stereocenters. The second-order valence-corrected chi connectivity index (χ2v) is 7.32. The summed E-state index contributed by atoms with van der Waals surface area (Å²) in [7, 11) is 0. The molecule has 0 aliphatic heterocycles. The van der Waals surface area contributed by atoms with Gasteiger partial charge in [-0.2, -0.15) is 0 Å². The Hall–Kier alpha value is -2.05. The van der Waals surface area contributed by atoms with Crippen molar-refractivity contribution in [2.45, 2.75) is 39.2 Å². The second-order valence-electron chi connectivity index (χ2n) is 6.34. The van der Waals surface area contributed by atoms with E-state index >= 15 is 0 Å². The van der Waals surface area contributed by atoms with Crippen molar-refractivity contribution < 1.29 is 14.0 Å². The Labute approximate surface area is 164 Å². The molecule has 6 heteroatoms. The van der Waals surface area contributed by atoms with Crippen LogP contribution in [0, 0.1) is 5.82 Å². The zero-order valence-corrected chi connectivity index (χ0v) is 16.7. The first-order valence-corrected chi connectivity index (χ1v) is 10.3. The van der Waals surface area contributed by atoms with Crippen molar-refractivity contribution >= 4 is 23.0 Å². The minimum atomic E-state index is -0.362. The fourth-order valence-corrected chi connectivity index (χ4v) is 3.90. The number of carbonyl (C=O) groups excluding carboxylic acids is 2. The summed E-state index contributed by atoms with van der Waals surface area (Å²) in [6, 6.07) is 9.81. The van der Waals surface area contributed by atoms with Crippen molar-refractivity contribution in [2.24, 2.45) is 0 Å². The molecule has 0 radical (unpaired) electrons. The molecule has 1 atom stereocenters. The predicted octanol–water partition coefficient (Wildman–Crippen LogP) is 4.44. The number of halogens is 1. The molecule has 1 aromatic carbocycles. The maximum Gasteiger partial charge on any atom is 0.220 e. The van der Waals surface area contributed by atoms with Gasteiger partial charge in [0.1, 0.15) is 5.82 Å². The molecule has 1 heterocycles. The Kier molecular flexibility index (Phi) is 8.61. The molecule has 1 amide bonds. The summed E-state index contributed by atoms with van der Waals surface area (Å²) in [4.78, 5) is 27.8. The number of nitrogens with zero attached hydrogens (tertiary/aromatic N) is 1. The number of amides is 1. The van der Waals surface area contributed by atoms with E-state index in [0.717, 1.165) is 13.1 Å². The summed E-state index contributed by atoms with van der Waals surface area (Å²) in [5.74, 6) is -0.475. The van der Waals surface area contributed by atoms with E-state index in [1.165, 1.54) is 29.1 Å². The highest BCUT2D eigenvalue weighted by atomic mass is 32.1. The van der Waals surface area contributed by atoms with Gasteiger partial charge in [0.15, 0.2) is 5.78 Å². The van der Waals surface area contributed by atoms with E-state index in [1.54, 1.807) is 11.3 Å². The summed E-state index contributed by atoms with van der Waals surface area (Å²) in [6.45, 7) is 6.63. The Morgan fingerprint density at radius 2 is 1.81 bits per heavy atom. The minimum absolute atomic E-state index is 0.0457. The van der Waals surface area contributed by atoms with Crippen LogP contribution in [0.1, 0.15) is 54.4 Å². The van der Waals surface area contributed by atoms with E-state index in [4.69, 9.17) is 0 Å². The van der Waals surface area contributed by atoms with Gasteiger partial charge >= 0.3 is 0 Å². The van der Waals surface area contributed by atoms with Gasteiger partial charge < -0.3 is 5.32 Å². The molecule has 27 heavy (non-hydrogen) atoms. The number of likely N-dealkylation sites (N-methyl/N-ethyl adjacent to an activating group) is 1. The third-order valence-corrected chi connectivity index (χ3v) is 5.56. The van der Waals surface area contributed by atoms with Crippen molar-refractivity contribution in [1.29, 1.82) is 0 Å². The summed E-state index contributed by atoms with van der Waals surface area (Å²) < 4.78 is 12.9. The van der Waals surface area contributed by atoms with Crippen molar-refractivity contribution in [2.75, 3.05) is 19.6 Å². The largest absolute Gasteiger partial charge is 0.354 e. The van der Waals surface area contributed by atoms with Gasteiger partial charge in [-0.25, -0.2) is 4.39 Å². The molecule has 1 aromatic heterocycles. The van der Waals surface area contributed by atoms with E-state index in [1.807, 2.05) is 6.07 Å². The Morgan fingerprint density at radius 3 is 2.41 bits per heavy atom. The minimum Gasteiger partial charge on any atom is -0.354 e. The Balaban J connectivity index is 1.78. The van der Waals surface area contributed by atoms with Crippen LogP contribution in [0.25, 0.3) is 0 Å². The monoisotopic (exact) mass is 390 g/mol. The van der Waals surface area contributed by atoms with Crippen LogP contribution in [0.3, 0.4) is 0 Å². The number of ketones is 1. The van der Waals surface area contributed by atoms with Gasteiger partial charge in [0.05, 0.1) is 6.04 Å². The topological polar surface area (TPSA) is 49.4 Å². The number of benzene rings is 1. The lowest BCUT2D eigenvalue weighted by molar-refractivity contribution is -0.121. The van der Waals surface area contributed by atoms with Crippen LogP contribution in [-0.2, 0) is 4.79 Å². The maximum absolute atomic E-state index is 12.9. The van der Waals surface area contributed by atoms with Gasteiger partial charge in [-0.05, 0) is 55.2 Å². The molecule has 2 rings (SSSR count). The highest BCUT2D eigenvalue weighted by molar-refractivity contribution is 7.10. The molecule has 0 aliphatic carbocycles. The van der Waals surface area contributed by atoms with E-state index in [0.29, 0.717) is 24.9 Å². The molecule has 0 saturated carbocycles. The summed E-state index contributed by atoms with van der Waals surface area (Å²) >= 11 is 1.70. The molecule has 4 nitrogen and oxygen atoms in total. The molecule has 0 saturated heterocycles. The van der Waals surface area contributed by atoms with Crippen LogP contribution >= 0.6 is 11.3 Å². The number of Topliss-reactive ketones (excluding diaryl/α,β-unsaturated/α-hetero) is 1. The molecule has 0 aliphatic rings. The lowest BCUT2D eigenvalue weighted by Crippen LogP contribution is -2.37. The van der Waals surface area contributed by atoms with Gasteiger partial charge in [0, 0.05) is 29.8 Å². The molecular weight excluding hydrogens is 363 g/mol. The first kappa shape index (κ1) is 21.3. The number of thiophene rings is 1. The smallest absolute Gasteiger partial charge is 0.220 e. The van der Waals surface area contributed by atoms with Crippen LogP contribution in [0.15, 0.2) is 41.8 Å². The molecule has 2 aromatic rings. The predicted molar refractivity (Wildman–Crippen MR) is 108 cm³/mol. The Bertz CT molecular complexity index is 712. The van der Waals surface area contributed by atoms with Gasteiger partial charge in [0.2, 0.25) is 5.91 Å². The summed E-state index contributed by atoms with van der Waals surface area (Å²) in [6.07, 6.45) is 1.07. The number of rotatable bonds is 11. The summed E-state index contributed by atoms with van der Waals surface area (Å²) in [5, 5.41) is 5.06. The highest BCUT2D eigenvalue weighted by Gasteiger charge is 2.19. The van der Waals surface area contributed by atoms with E-state index in [-0.39, 0.29) is 30.0 Å². The molecule has 1 N–H and O–H groups in total. The van der Waals surface area contributed by atoms with Crippen LogP contribution in [0.5, 0.6) is 0 Å². The van der Waals surface area contributed by atoms with Crippen LogP contribution in [-0.4, -0.2) is 36.2 Å². The third kappa shape index (κ3) is 6.56. The fourth-order valence-electron chi connectivity index (χ4n) is 3.04. The van der Waals surface area contributed by atoms with Crippen molar-refractivity contribution in [1.82, 2.24) is 10.2 Å². The molecule has 146 valence electrons. The normalized spacial score (nSPS) is 12.1. The van der Waals surface area contributed by atoms with Gasteiger partial charge in [-0.3, -0.25) is 14.5 Å². The molecule has 0 bridgehead atoms. The number of nitrogens with one attached hydrogen (secondary N) is 1. The zero-order chi connectivity index (χ0) is 19.6. The lowest BCUT2D eigenvalue weighted by Gasteiger charge is -2.29. The highest BCUT2D eigenvalue weighted by Crippen LogP contribution is 2.24. The first-order valence-electron chi connectivity index (χ1n) is 9.38. The average Bonchev–Trinajstić information content (AvgIpc) is 3.20. The van der Waals surface area contributed by atoms with Crippen molar-refractivity contribution in [3.8, 4) is 0 Å². The van der Waals surface area contributed by atoms with E-state index < -0.39 is 0 Å².